The highest BCUT2D eigenvalue weighted by Gasteiger charge is 2.19. The van der Waals surface area contributed by atoms with Crippen LogP contribution in [0.4, 0.5) is 0 Å². The molecular formula is C15H19BrO2. The monoisotopic (exact) mass is 310 g/mol. The van der Waals surface area contributed by atoms with Crippen LogP contribution < -0.4 is 0 Å². The number of hydrogen-bond donors (Lipinski definition) is 1. The largest absolute Gasteiger partial charge is 0.458 e. The number of fused-ring (bicyclic) bond motifs is 1. The van der Waals surface area contributed by atoms with Gasteiger partial charge in [0.25, 0.3) is 0 Å². The minimum atomic E-state index is -0.545. The van der Waals surface area contributed by atoms with Gasteiger partial charge in [-0.1, -0.05) is 43.6 Å². The Bertz CT molecular complexity index is 555. The summed E-state index contributed by atoms with van der Waals surface area (Å²) in [5.41, 5.74) is 2.06. The molecule has 2 nitrogen and oxygen atoms in total. The van der Waals surface area contributed by atoms with Crippen LogP contribution in [0.15, 0.2) is 27.1 Å². The van der Waals surface area contributed by atoms with Crippen LogP contribution in [0.5, 0.6) is 0 Å². The first-order valence-electron chi connectivity index (χ1n) is 6.31. The highest BCUT2D eigenvalue weighted by molar-refractivity contribution is 9.10. The van der Waals surface area contributed by atoms with Gasteiger partial charge in [0.15, 0.2) is 0 Å². The van der Waals surface area contributed by atoms with Crippen molar-refractivity contribution in [3.63, 3.8) is 0 Å². The van der Waals surface area contributed by atoms with E-state index in [0.717, 1.165) is 15.4 Å². The van der Waals surface area contributed by atoms with Crippen LogP contribution in [0, 0.1) is 5.92 Å². The zero-order chi connectivity index (χ0) is 13.4. The van der Waals surface area contributed by atoms with Gasteiger partial charge in [0, 0.05) is 9.86 Å². The Morgan fingerprint density at radius 2 is 1.78 bits per heavy atom. The van der Waals surface area contributed by atoms with Crippen molar-refractivity contribution in [2.24, 2.45) is 5.92 Å². The fraction of sp³-hybridized carbons (Fsp3) is 0.467. The molecule has 1 heterocycles. The molecule has 0 aliphatic rings. The second-order valence-electron chi connectivity index (χ2n) is 5.41. The van der Waals surface area contributed by atoms with Gasteiger partial charge in [0.05, 0.1) is 0 Å². The van der Waals surface area contributed by atoms with Crippen LogP contribution in [0.1, 0.15) is 51.0 Å². The van der Waals surface area contributed by atoms with E-state index in [-0.39, 0.29) is 5.92 Å². The van der Waals surface area contributed by atoms with E-state index in [2.05, 4.69) is 35.8 Å². The average Bonchev–Trinajstić information content (AvgIpc) is 2.69. The molecule has 1 N–H and O–H groups in total. The molecule has 1 aromatic heterocycles. The van der Waals surface area contributed by atoms with E-state index in [1.807, 2.05) is 26.0 Å². The molecule has 1 aromatic carbocycles. The molecular weight excluding hydrogens is 292 g/mol. The van der Waals surface area contributed by atoms with Crippen molar-refractivity contribution in [1.29, 1.82) is 0 Å². The molecule has 3 heteroatoms. The lowest BCUT2D eigenvalue weighted by Crippen LogP contribution is -2.03. The Morgan fingerprint density at radius 3 is 2.33 bits per heavy atom. The van der Waals surface area contributed by atoms with E-state index >= 15 is 0 Å². The third kappa shape index (κ3) is 2.47. The summed E-state index contributed by atoms with van der Waals surface area (Å²) in [6.07, 6.45) is -0.545. The molecule has 0 saturated carbocycles. The summed E-state index contributed by atoms with van der Waals surface area (Å²) in [5.74, 6) is 1.19. The first-order chi connectivity index (χ1) is 8.40. The van der Waals surface area contributed by atoms with Crippen molar-refractivity contribution in [3.05, 3.63) is 34.0 Å². The summed E-state index contributed by atoms with van der Waals surface area (Å²) < 4.78 is 6.91. The van der Waals surface area contributed by atoms with E-state index in [0.29, 0.717) is 11.7 Å². The molecule has 98 valence electrons. The number of furan rings is 1. The zero-order valence-electron chi connectivity index (χ0n) is 11.2. The summed E-state index contributed by atoms with van der Waals surface area (Å²) in [7, 11) is 0. The lowest BCUT2D eigenvalue weighted by atomic mass is 10.0. The minimum absolute atomic E-state index is 0.150. The first kappa shape index (κ1) is 13.6. The van der Waals surface area contributed by atoms with Gasteiger partial charge in [0.1, 0.15) is 17.4 Å². The van der Waals surface area contributed by atoms with E-state index in [4.69, 9.17) is 4.42 Å². The van der Waals surface area contributed by atoms with Gasteiger partial charge < -0.3 is 9.52 Å². The molecule has 0 saturated heterocycles. The molecule has 0 aliphatic heterocycles. The van der Waals surface area contributed by atoms with Gasteiger partial charge in [-0.05, 0) is 35.6 Å². The van der Waals surface area contributed by atoms with Crippen LogP contribution in [-0.4, -0.2) is 5.11 Å². The number of aliphatic hydroxyl groups is 1. The SMILES string of the molecule is CC(C)c1cc(Br)cc2cc(C(O)C(C)C)oc12. The number of benzene rings is 1. The van der Waals surface area contributed by atoms with Gasteiger partial charge in [-0.25, -0.2) is 0 Å². The Morgan fingerprint density at radius 1 is 1.11 bits per heavy atom. The molecule has 0 radical (unpaired) electrons. The summed E-state index contributed by atoms with van der Waals surface area (Å²) >= 11 is 3.52. The van der Waals surface area contributed by atoms with Crippen LogP contribution in [0.25, 0.3) is 11.0 Å². The Labute approximate surface area is 116 Å². The molecule has 2 rings (SSSR count). The molecule has 0 fully saturated rings. The summed E-state index contributed by atoms with van der Waals surface area (Å²) in [5, 5.41) is 11.1. The predicted octanol–water partition coefficient (Wildman–Crippen LogP) is 5.01. The number of hydrogen-bond acceptors (Lipinski definition) is 2. The van der Waals surface area contributed by atoms with Crippen molar-refractivity contribution >= 4 is 26.9 Å². The van der Waals surface area contributed by atoms with Gasteiger partial charge >= 0.3 is 0 Å². The van der Waals surface area contributed by atoms with Crippen molar-refractivity contribution in [1.82, 2.24) is 0 Å². The average molecular weight is 311 g/mol. The first-order valence-corrected chi connectivity index (χ1v) is 7.10. The van der Waals surface area contributed by atoms with E-state index < -0.39 is 6.10 Å². The van der Waals surface area contributed by atoms with Crippen LogP contribution in [0.3, 0.4) is 0 Å². The quantitative estimate of drug-likeness (QED) is 0.864. The van der Waals surface area contributed by atoms with E-state index in [1.165, 1.54) is 5.56 Å². The predicted molar refractivity (Wildman–Crippen MR) is 77.8 cm³/mol. The highest BCUT2D eigenvalue weighted by atomic mass is 79.9. The van der Waals surface area contributed by atoms with Gasteiger partial charge in [-0.2, -0.15) is 0 Å². The van der Waals surface area contributed by atoms with Gasteiger partial charge in [-0.3, -0.25) is 0 Å². The topological polar surface area (TPSA) is 33.4 Å². The number of aliphatic hydroxyl groups excluding tert-OH is 1. The molecule has 0 spiro atoms. The van der Waals surface area contributed by atoms with E-state index in [1.54, 1.807) is 0 Å². The minimum Gasteiger partial charge on any atom is -0.458 e. The van der Waals surface area contributed by atoms with Crippen LogP contribution in [0.2, 0.25) is 0 Å². The summed E-state index contributed by atoms with van der Waals surface area (Å²) in [4.78, 5) is 0. The number of halogens is 1. The fourth-order valence-electron chi connectivity index (χ4n) is 2.07. The smallest absolute Gasteiger partial charge is 0.137 e. The number of rotatable bonds is 3. The molecule has 0 amide bonds. The van der Waals surface area contributed by atoms with Gasteiger partial charge in [0.2, 0.25) is 0 Å². The summed E-state index contributed by atoms with van der Waals surface area (Å²) in [6.45, 7) is 8.25. The van der Waals surface area contributed by atoms with Crippen LogP contribution in [-0.2, 0) is 0 Å². The van der Waals surface area contributed by atoms with Crippen molar-refractivity contribution in [2.75, 3.05) is 0 Å². The zero-order valence-corrected chi connectivity index (χ0v) is 12.8. The van der Waals surface area contributed by atoms with E-state index in [9.17, 15) is 5.11 Å². The maximum atomic E-state index is 10.1. The third-order valence-electron chi connectivity index (χ3n) is 3.17. The third-order valence-corrected chi connectivity index (χ3v) is 3.63. The van der Waals surface area contributed by atoms with Crippen molar-refractivity contribution in [3.8, 4) is 0 Å². The standard InChI is InChI=1S/C15H19BrO2/c1-8(2)12-7-11(16)5-10-6-13(18-15(10)12)14(17)9(3)4/h5-9,14,17H,1-4H3. The highest BCUT2D eigenvalue weighted by Crippen LogP contribution is 2.34. The molecule has 1 atom stereocenters. The molecule has 0 aliphatic carbocycles. The summed E-state index contributed by atoms with van der Waals surface area (Å²) in [6, 6.07) is 6.06. The normalized spacial score (nSPS) is 13.8. The fourth-order valence-corrected chi connectivity index (χ4v) is 2.56. The molecule has 2 aromatic rings. The molecule has 1 unspecified atom stereocenters. The maximum Gasteiger partial charge on any atom is 0.137 e. The Balaban J connectivity index is 2.60. The van der Waals surface area contributed by atoms with Crippen molar-refractivity contribution in [2.45, 2.75) is 39.7 Å². The lowest BCUT2D eigenvalue weighted by Gasteiger charge is -2.11. The maximum absolute atomic E-state index is 10.1. The molecule has 18 heavy (non-hydrogen) atoms. The second-order valence-corrected chi connectivity index (χ2v) is 6.32. The Hall–Kier alpha value is -0.800. The second kappa shape index (κ2) is 5.06. The van der Waals surface area contributed by atoms with Gasteiger partial charge in [-0.15, -0.1) is 0 Å². The Kier molecular flexibility index (Phi) is 3.83. The van der Waals surface area contributed by atoms with Crippen molar-refractivity contribution < 1.29 is 9.52 Å². The van der Waals surface area contributed by atoms with Crippen LogP contribution >= 0.6 is 15.9 Å². The molecule has 0 bridgehead atoms. The lowest BCUT2D eigenvalue weighted by molar-refractivity contribution is 0.104.